The molecule has 1 atom stereocenters. The van der Waals surface area contributed by atoms with Crippen LogP contribution in [0.5, 0.6) is 0 Å². The molecule has 0 spiro atoms. The van der Waals surface area contributed by atoms with E-state index in [0.717, 1.165) is 23.4 Å². The monoisotopic (exact) mass is 604 g/mol. The predicted molar refractivity (Wildman–Crippen MR) is 176 cm³/mol. The Hall–Kier alpha value is -3.62. The number of fused-ring (bicyclic) bond motifs is 2. The summed E-state index contributed by atoms with van der Waals surface area (Å²) in [5.74, 6) is -1.05. The number of benzene rings is 2. The van der Waals surface area contributed by atoms with Gasteiger partial charge < -0.3 is 14.9 Å². The van der Waals surface area contributed by atoms with Crippen LogP contribution in [-0.2, 0) is 32.2 Å². The molecule has 8 heteroatoms. The van der Waals surface area contributed by atoms with Gasteiger partial charge in [-0.3, -0.25) is 9.35 Å². The lowest BCUT2D eigenvalue weighted by atomic mass is 9.80. The Balaban J connectivity index is 1.46. The summed E-state index contributed by atoms with van der Waals surface area (Å²) in [7, 11) is -3.95. The number of nitrogens with zero attached hydrogens (tertiary/aromatic N) is 2. The smallest absolute Gasteiger partial charge is 0.307 e. The van der Waals surface area contributed by atoms with Crippen molar-refractivity contribution in [2.45, 2.75) is 70.8 Å². The zero-order valence-corrected chi connectivity index (χ0v) is 26.6. The Labute approximate surface area is 256 Å². The molecule has 2 heterocycles. The van der Waals surface area contributed by atoms with Crippen LogP contribution < -0.4 is 9.80 Å². The highest BCUT2D eigenvalue weighted by atomic mass is 32.2. The molecule has 2 aromatic carbocycles. The number of hydrogen-bond donors (Lipinski definition) is 2. The zero-order valence-electron chi connectivity index (χ0n) is 25.8. The minimum Gasteiger partial charge on any atom is -0.481 e. The Kier molecular flexibility index (Phi) is 9.72. The highest BCUT2D eigenvalue weighted by Gasteiger charge is 2.42. The summed E-state index contributed by atoms with van der Waals surface area (Å²) >= 11 is 0. The van der Waals surface area contributed by atoms with Gasteiger partial charge in [0.1, 0.15) is 0 Å². The van der Waals surface area contributed by atoms with Gasteiger partial charge in [-0.1, -0.05) is 94.5 Å². The molecule has 43 heavy (non-hydrogen) atoms. The molecule has 0 fully saturated rings. The number of anilines is 2. The van der Waals surface area contributed by atoms with Gasteiger partial charge in [0, 0.05) is 41.0 Å². The average Bonchev–Trinajstić information content (AvgIpc) is 3.28. The molecule has 0 bridgehead atoms. The summed E-state index contributed by atoms with van der Waals surface area (Å²) in [6.45, 7) is 12.5. The van der Waals surface area contributed by atoms with Crippen LogP contribution in [0.2, 0.25) is 0 Å². The largest absolute Gasteiger partial charge is 0.481 e. The lowest BCUT2D eigenvalue weighted by Crippen LogP contribution is -2.40. The van der Waals surface area contributed by atoms with Crippen molar-refractivity contribution < 1.29 is 22.9 Å². The lowest BCUT2D eigenvalue weighted by molar-refractivity contribution is -0.136. The summed E-state index contributed by atoms with van der Waals surface area (Å²) in [4.78, 5) is 15.9. The fourth-order valence-electron chi connectivity index (χ4n) is 6.49. The maximum absolute atomic E-state index is 11.3. The van der Waals surface area contributed by atoms with E-state index < -0.39 is 16.1 Å². The number of hydrogen-bond acceptors (Lipinski definition) is 5. The van der Waals surface area contributed by atoms with E-state index in [9.17, 15) is 18.3 Å². The molecule has 1 unspecified atom stereocenters. The maximum Gasteiger partial charge on any atom is 0.307 e. The quantitative estimate of drug-likeness (QED) is 0.156. The second kappa shape index (κ2) is 12.9. The first-order valence-corrected chi connectivity index (χ1v) is 16.5. The minimum absolute atomic E-state index is 0.0165. The molecule has 0 saturated heterocycles. The van der Waals surface area contributed by atoms with Crippen LogP contribution >= 0.6 is 0 Å². The van der Waals surface area contributed by atoms with Gasteiger partial charge in [-0.05, 0) is 54.7 Å². The summed E-state index contributed by atoms with van der Waals surface area (Å²) in [5.41, 5.74) is 6.32. The molecule has 0 saturated carbocycles. The summed E-state index contributed by atoms with van der Waals surface area (Å²) in [6, 6.07) is 14.4. The van der Waals surface area contributed by atoms with E-state index in [-0.39, 0.29) is 29.0 Å². The molecule has 0 radical (unpaired) electrons. The van der Waals surface area contributed by atoms with Crippen LogP contribution in [-0.4, -0.2) is 48.9 Å². The molecule has 0 aromatic heterocycles. The number of aliphatic carboxylic acids is 1. The van der Waals surface area contributed by atoms with Crippen molar-refractivity contribution in [2.24, 2.45) is 0 Å². The van der Waals surface area contributed by atoms with Crippen molar-refractivity contribution in [3.63, 3.8) is 0 Å². The number of rotatable bonds is 12. The number of carboxylic acid groups (broad SMARTS) is 1. The Bertz CT molecular complexity index is 1570. The first kappa shape index (κ1) is 32.3. The topological polar surface area (TPSA) is 98.2 Å². The number of carbonyl (C=O) groups is 1. The molecule has 0 aliphatic carbocycles. The third-order valence-corrected chi connectivity index (χ3v) is 9.46. The van der Waals surface area contributed by atoms with E-state index in [2.05, 4.69) is 80.8 Å². The summed E-state index contributed by atoms with van der Waals surface area (Å²) in [6.07, 6.45) is 15.6. The number of para-hydroxylation sites is 1. The van der Waals surface area contributed by atoms with Crippen molar-refractivity contribution in [3.05, 3.63) is 107 Å². The molecule has 230 valence electrons. The normalized spacial score (nSPS) is 20.1. The van der Waals surface area contributed by atoms with Gasteiger partial charge in [0.25, 0.3) is 10.1 Å². The van der Waals surface area contributed by atoms with Crippen molar-refractivity contribution in [1.29, 1.82) is 0 Å². The third-order valence-electron chi connectivity index (χ3n) is 8.65. The highest BCUT2D eigenvalue weighted by Crippen LogP contribution is 2.48. The van der Waals surface area contributed by atoms with Crippen molar-refractivity contribution >= 4 is 27.5 Å². The summed E-state index contributed by atoms with van der Waals surface area (Å²) < 4.78 is 31.4. The molecule has 2 aliphatic heterocycles. The van der Waals surface area contributed by atoms with Crippen LogP contribution in [0.3, 0.4) is 0 Å². The first-order chi connectivity index (χ1) is 20.3. The second-order valence-electron chi connectivity index (χ2n) is 12.4. The molecule has 7 nitrogen and oxygen atoms in total. The van der Waals surface area contributed by atoms with Gasteiger partial charge in [-0.2, -0.15) is 8.42 Å². The summed E-state index contributed by atoms with van der Waals surface area (Å²) in [5, 5.41) is 9.24. The SMILES string of the molecule is CCN1C(=CC=CC=CC=CC2N(CCCCS(=O)(=O)O)c3ccccc3C2(C)C)C(C)(C)c2cc(CC(=O)O)ccc21. The number of allylic oxidation sites excluding steroid dienone is 7. The van der Waals surface area contributed by atoms with Gasteiger partial charge >= 0.3 is 5.97 Å². The maximum atomic E-state index is 11.3. The van der Waals surface area contributed by atoms with Gasteiger partial charge in [0.2, 0.25) is 0 Å². The van der Waals surface area contributed by atoms with Crippen LogP contribution in [0.15, 0.2) is 90.7 Å². The second-order valence-corrected chi connectivity index (χ2v) is 13.9. The standard InChI is InChI=1S/C35H44N2O5S/c1-6-36-30-21-20-26(25-33(38)39)24-28(30)35(4,5)31(36)18-10-8-7-9-11-19-32-34(2,3)27-16-12-13-17-29(27)37(32)22-14-15-23-43(40,41)42/h7-13,16-21,24,32H,6,14-15,22-23,25H2,1-5H3,(H,38,39)(H,40,41,42). The third kappa shape index (κ3) is 7.13. The van der Waals surface area contributed by atoms with Crippen LogP contribution in [0, 0.1) is 0 Å². The van der Waals surface area contributed by atoms with E-state index in [0.29, 0.717) is 19.4 Å². The van der Waals surface area contributed by atoms with Gasteiger partial charge in [-0.25, -0.2) is 0 Å². The molecular formula is C35H44N2O5S. The molecule has 0 amide bonds. The molecule has 2 aliphatic rings. The predicted octanol–water partition coefficient (Wildman–Crippen LogP) is 6.82. The van der Waals surface area contributed by atoms with Crippen LogP contribution in [0.25, 0.3) is 0 Å². The highest BCUT2D eigenvalue weighted by molar-refractivity contribution is 7.85. The molecular weight excluding hydrogens is 560 g/mol. The fraction of sp³-hybridized carbons (Fsp3) is 0.400. The molecule has 2 N–H and O–H groups in total. The van der Waals surface area contributed by atoms with Gasteiger partial charge in [0.15, 0.2) is 0 Å². The molecule has 4 rings (SSSR count). The van der Waals surface area contributed by atoms with Crippen LogP contribution in [0.1, 0.15) is 64.2 Å². The van der Waals surface area contributed by atoms with Gasteiger partial charge in [0.05, 0.1) is 18.2 Å². The number of unbranched alkanes of at least 4 members (excludes halogenated alkanes) is 1. The molecule has 2 aromatic rings. The van der Waals surface area contributed by atoms with Crippen molar-refractivity contribution in [1.82, 2.24) is 0 Å². The van der Waals surface area contributed by atoms with E-state index in [1.165, 1.54) is 16.9 Å². The average molecular weight is 605 g/mol. The fourth-order valence-corrected chi connectivity index (χ4v) is 7.06. The lowest BCUT2D eigenvalue weighted by Gasteiger charge is -2.32. The van der Waals surface area contributed by atoms with E-state index in [1.54, 1.807) is 0 Å². The van der Waals surface area contributed by atoms with E-state index in [1.807, 2.05) is 48.6 Å². The Morgan fingerprint density at radius 1 is 0.930 bits per heavy atom. The Morgan fingerprint density at radius 2 is 1.63 bits per heavy atom. The Morgan fingerprint density at radius 3 is 2.33 bits per heavy atom. The van der Waals surface area contributed by atoms with Crippen molar-refractivity contribution in [2.75, 3.05) is 28.6 Å². The minimum atomic E-state index is -3.95. The van der Waals surface area contributed by atoms with E-state index in [4.69, 9.17) is 4.55 Å². The van der Waals surface area contributed by atoms with E-state index >= 15 is 0 Å². The number of carboxylic acids is 1. The zero-order chi connectivity index (χ0) is 31.4. The number of likely N-dealkylation sites (N-methyl/N-ethyl adjacent to an activating group) is 1. The van der Waals surface area contributed by atoms with Crippen LogP contribution in [0.4, 0.5) is 11.4 Å². The van der Waals surface area contributed by atoms with Gasteiger partial charge in [-0.15, -0.1) is 0 Å². The van der Waals surface area contributed by atoms with Crippen molar-refractivity contribution in [3.8, 4) is 0 Å². The first-order valence-electron chi connectivity index (χ1n) is 14.9.